The Labute approximate surface area is 136 Å². The topological polar surface area (TPSA) is 54.0 Å². The first-order chi connectivity index (χ1) is 10.8. The highest BCUT2D eigenvalue weighted by Crippen LogP contribution is 2.13. The molecule has 1 heterocycles. The van der Waals surface area contributed by atoms with Gasteiger partial charge in [0, 0.05) is 12.1 Å². The summed E-state index contributed by atoms with van der Waals surface area (Å²) in [5.74, 6) is -0.472. The molecule has 0 fully saturated rings. The zero-order valence-corrected chi connectivity index (χ0v) is 13.7. The number of nitrogens with one attached hydrogen (secondary N) is 2. The third-order valence-electron chi connectivity index (χ3n) is 3.13. The first-order valence-corrected chi connectivity index (χ1v) is 7.60. The fraction of sp³-hybridized carbons (Fsp3) is 0.333. The lowest BCUT2D eigenvalue weighted by Gasteiger charge is -2.21. The second-order valence-electron chi connectivity index (χ2n) is 6.44. The number of halogens is 1. The van der Waals surface area contributed by atoms with Crippen LogP contribution in [0.3, 0.4) is 0 Å². The number of aromatic nitrogens is 1. The van der Waals surface area contributed by atoms with Gasteiger partial charge >= 0.3 is 0 Å². The van der Waals surface area contributed by atoms with Crippen LogP contribution in [0.15, 0.2) is 42.6 Å². The Balaban J connectivity index is 1.84. The van der Waals surface area contributed by atoms with Crippen molar-refractivity contribution in [2.45, 2.75) is 32.7 Å². The van der Waals surface area contributed by atoms with E-state index in [1.165, 1.54) is 12.1 Å². The van der Waals surface area contributed by atoms with Crippen LogP contribution in [0.4, 0.5) is 10.1 Å². The Morgan fingerprint density at radius 3 is 2.39 bits per heavy atom. The van der Waals surface area contributed by atoms with E-state index >= 15 is 0 Å². The van der Waals surface area contributed by atoms with Crippen LogP contribution in [-0.4, -0.2) is 23.0 Å². The molecule has 0 unspecified atom stereocenters. The molecular formula is C18H22FN3O. The third-order valence-corrected chi connectivity index (χ3v) is 3.13. The van der Waals surface area contributed by atoms with Gasteiger partial charge in [0.05, 0.1) is 11.9 Å². The van der Waals surface area contributed by atoms with Crippen LogP contribution in [0.5, 0.6) is 0 Å². The molecule has 1 aromatic carbocycles. The Bertz CT molecular complexity index is 645. The second kappa shape index (κ2) is 7.22. The van der Waals surface area contributed by atoms with Gasteiger partial charge in [0.25, 0.3) is 5.91 Å². The number of rotatable bonds is 5. The van der Waals surface area contributed by atoms with Crippen molar-refractivity contribution in [2.75, 3.05) is 11.9 Å². The van der Waals surface area contributed by atoms with Crippen LogP contribution in [0.25, 0.3) is 0 Å². The monoisotopic (exact) mass is 315 g/mol. The van der Waals surface area contributed by atoms with Crippen LogP contribution in [0.1, 0.15) is 36.8 Å². The van der Waals surface area contributed by atoms with E-state index in [0.717, 1.165) is 11.3 Å². The first-order valence-electron chi connectivity index (χ1n) is 7.60. The van der Waals surface area contributed by atoms with Crippen LogP contribution in [-0.2, 0) is 6.42 Å². The van der Waals surface area contributed by atoms with E-state index in [1.807, 2.05) is 6.07 Å². The minimum Gasteiger partial charge on any atom is -0.379 e. The number of hydrogen-bond donors (Lipinski definition) is 2. The molecule has 0 aliphatic rings. The number of hydrogen-bond acceptors (Lipinski definition) is 3. The predicted octanol–water partition coefficient (Wildman–Crippen LogP) is 3.40. The SMILES string of the molecule is CC(C)(C)Nc1ccc(C(=O)NCCc2ccc(F)cc2)nc1. The molecule has 1 aromatic heterocycles. The smallest absolute Gasteiger partial charge is 0.269 e. The molecule has 122 valence electrons. The van der Waals surface area contributed by atoms with Gasteiger partial charge in [-0.1, -0.05) is 12.1 Å². The lowest BCUT2D eigenvalue weighted by atomic mass is 10.1. The summed E-state index contributed by atoms with van der Waals surface area (Å²) in [6.45, 7) is 6.66. The van der Waals surface area contributed by atoms with Crippen molar-refractivity contribution in [3.63, 3.8) is 0 Å². The quantitative estimate of drug-likeness (QED) is 0.889. The van der Waals surface area contributed by atoms with Gasteiger partial charge in [-0.05, 0) is 57.0 Å². The Morgan fingerprint density at radius 2 is 1.83 bits per heavy atom. The van der Waals surface area contributed by atoms with Gasteiger partial charge in [-0.2, -0.15) is 0 Å². The zero-order chi connectivity index (χ0) is 16.9. The van der Waals surface area contributed by atoms with Crippen LogP contribution in [0, 0.1) is 5.82 Å². The Hall–Kier alpha value is -2.43. The summed E-state index contributed by atoms with van der Waals surface area (Å²) in [6, 6.07) is 9.80. The molecule has 2 N–H and O–H groups in total. The van der Waals surface area contributed by atoms with Crippen LogP contribution < -0.4 is 10.6 Å². The maximum absolute atomic E-state index is 12.8. The highest BCUT2D eigenvalue weighted by atomic mass is 19.1. The molecule has 2 aromatic rings. The van der Waals surface area contributed by atoms with E-state index in [4.69, 9.17) is 0 Å². The summed E-state index contributed by atoms with van der Waals surface area (Å²) in [5.41, 5.74) is 2.17. The number of carbonyl (C=O) groups excluding carboxylic acids is 1. The highest BCUT2D eigenvalue weighted by molar-refractivity contribution is 5.92. The van der Waals surface area contributed by atoms with Crippen molar-refractivity contribution in [2.24, 2.45) is 0 Å². The maximum Gasteiger partial charge on any atom is 0.269 e. The zero-order valence-electron chi connectivity index (χ0n) is 13.7. The van der Waals surface area contributed by atoms with Crippen molar-refractivity contribution in [3.05, 3.63) is 59.7 Å². The van der Waals surface area contributed by atoms with Crippen LogP contribution in [0.2, 0.25) is 0 Å². The number of nitrogens with zero attached hydrogens (tertiary/aromatic N) is 1. The number of pyridine rings is 1. The number of anilines is 1. The van der Waals surface area contributed by atoms with Gasteiger partial charge in [-0.15, -0.1) is 0 Å². The summed E-state index contributed by atoms with van der Waals surface area (Å²) in [6.07, 6.45) is 2.30. The van der Waals surface area contributed by atoms with Crippen molar-refractivity contribution in [3.8, 4) is 0 Å². The van der Waals surface area contributed by atoms with E-state index in [0.29, 0.717) is 18.7 Å². The van der Waals surface area contributed by atoms with Gasteiger partial charge in [0.15, 0.2) is 0 Å². The van der Waals surface area contributed by atoms with E-state index in [9.17, 15) is 9.18 Å². The molecule has 4 nitrogen and oxygen atoms in total. The maximum atomic E-state index is 12.8. The molecule has 0 aliphatic heterocycles. The molecule has 2 rings (SSSR count). The molecule has 0 saturated carbocycles. The van der Waals surface area contributed by atoms with Crippen LogP contribution >= 0.6 is 0 Å². The molecule has 0 radical (unpaired) electrons. The molecule has 1 amide bonds. The molecule has 0 bridgehead atoms. The molecule has 0 spiro atoms. The average molecular weight is 315 g/mol. The highest BCUT2D eigenvalue weighted by Gasteiger charge is 2.11. The van der Waals surface area contributed by atoms with Crippen molar-refractivity contribution in [1.82, 2.24) is 10.3 Å². The van der Waals surface area contributed by atoms with E-state index in [1.54, 1.807) is 24.4 Å². The minimum absolute atomic E-state index is 0.0549. The number of amides is 1. The van der Waals surface area contributed by atoms with Gasteiger partial charge < -0.3 is 10.6 Å². The van der Waals surface area contributed by atoms with Gasteiger partial charge in [-0.25, -0.2) is 9.37 Å². The molecule has 0 atom stereocenters. The lowest BCUT2D eigenvalue weighted by Crippen LogP contribution is -2.27. The van der Waals surface area contributed by atoms with Gasteiger partial charge in [0.2, 0.25) is 0 Å². The van der Waals surface area contributed by atoms with Gasteiger partial charge in [-0.3, -0.25) is 4.79 Å². The molecule has 23 heavy (non-hydrogen) atoms. The molecule has 0 aliphatic carbocycles. The van der Waals surface area contributed by atoms with Crippen molar-refractivity contribution >= 4 is 11.6 Å². The minimum atomic E-state index is -0.258. The number of carbonyl (C=O) groups is 1. The summed E-state index contributed by atoms with van der Waals surface area (Å²) in [7, 11) is 0. The second-order valence-corrected chi connectivity index (χ2v) is 6.44. The van der Waals surface area contributed by atoms with E-state index in [2.05, 4.69) is 36.4 Å². The van der Waals surface area contributed by atoms with E-state index in [-0.39, 0.29) is 17.3 Å². The first kappa shape index (κ1) is 16.9. The normalized spacial score (nSPS) is 11.1. The molecule has 5 heteroatoms. The average Bonchev–Trinajstić information content (AvgIpc) is 2.48. The third kappa shape index (κ3) is 5.70. The fourth-order valence-corrected chi connectivity index (χ4v) is 2.10. The Morgan fingerprint density at radius 1 is 1.13 bits per heavy atom. The van der Waals surface area contributed by atoms with E-state index < -0.39 is 0 Å². The number of benzene rings is 1. The standard InChI is InChI=1S/C18H22FN3O/c1-18(2,3)22-15-8-9-16(21-12-15)17(23)20-11-10-13-4-6-14(19)7-5-13/h4-9,12,22H,10-11H2,1-3H3,(H,20,23). The summed E-state index contributed by atoms with van der Waals surface area (Å²) in [5, 5.41) is 6.11. The van der Waals surface area contributed by atoms with Gasteiger partial charge in [0.1, 0.15) is 11.5 Å². The molecular weight excluding hydrogens is 293 g/mol. The lowest BCUT2D eigenvalue weighted by molar-refractivity contribution is 0.0949. The Kier molecular flexibility index (Phi) is 5.32. The summed E-state index contributed by atoms with van der Waals surface area (Å²) in [4.78, 5) is 16.2. The molecule has 0 saturated heterocycles. The predicted molar refractivity (Wildman–Crippen MR) is 90.0 cm³/mol. The largest absolute Gasteiger partial charge is 0.379 e. The fourth-order valence-electron chi connectivity index (χ4n) is 2.10. The summed E-state index contributed by atoms with van der Waals surface area (Å²) >= 11 is 0. The summed E-state index contributed by atoms with van der Waals surface area (Å²) < 4.78 is 12.8. The van der Waals surface area contributed by atoms with Crippen molar-refractivity contribution < 1.29 is 9.18 Å². The van der Waals surface area contributed by atoms with Crippen molar-refractivity contribution in [1.29, 1.82) is 0 Å².